The number of alkyl halides is 3. The van der Waals surface area contributed by atoms with Crippen LogP contribution in [0.25, 0.3) is 0 Å². The maximum absolute atomic E-state index is 13.0. The minimum atomic E-state index is -4.50. The summed E-state index contributed by atoms with van der Waals surface area (Å²) in [5, 5.41) is 16.5. The van der Waals surface area contributed by atoms with E-state index in [0.29, 0.717) is 26.3 Å². The molecule has 2 aromatic rings. The molecule has 172 valence electrons. The van der Waals surface area contributed by atoms with Crippen LogP contribution in [-0.2, 0) is 15.7 Å². The van der Waals surface area contributed by atoms with Crippen molar-refractivity contribution in [2.75, 3.05) is 38.2 Å². The molecule has 0 radical (unpaired) electrons. The Kier molecular flexibility index (Phi) is 7.67. The molecule has 4 N–H and O–H groups in total. The molecule has 11 heteroatoms. The van der Waals surface area contributed by atoms with Gasteiger partial charge in [-0.3, -0.25) is 15.0 Å². The molecule has 1 aliphatic heterocycles. The second kappa shape index (κ2) is 10.4. The van der Waals surface area contributed by atoms with E-state index in [0.717, 1.165) is 12.1 Å². The molecule has 0 bridgehead atoms. The van der Waals surface area contributed by atoms with Gasteiger partial charge in [-0.15, -0.1) is 0 Å². The van der Waals surface area contributed by atoms with Crippen molar-refractivity contribution in [1.29, 1.82) is 0 Å². The number of anilines is 2. The molecule has 0 aromatic heterocycles. The predicted molar refractivity (Wildman–Crippen MR) is 110 cm³/mol. The Morgan fingerprint density at radius 3 is 2.50 bits per heavy atom. The van der Waals surface area contributed by atoms with Crippen LogP contribution in [0, 0.1) is 0 Å². The standard InChI is InChI=1S/C21H23F3N4O4/c22-21(23,24)14-4-3-5-15(12-14)25-17-7-2-1-6-16(17)19(30)26-18(13-29)20(31)27-28-8-10-32-11-9-28/h1-7,12,18,25,29H,8-11,13H2,(H,26,30)(H,27,31). The van der Waals surface area contributed by atoms with Gasteiger partial charge in [0.1, 0.15) is 6.04 Å². The number of carbonyl (C=O) groups excluding carboxylic acids is 2. The van der Waals surface area contributed by atoms with Gasteiger partial charge in [0.25, 0.3) is 11.8 Å². The summed E-state index contributed by atoms with van der Waals surface area (Å²) in [6, 6.07) is 9.53. The zero-order valence-electron chi connectivity index (χ0n) is 17.0. The molecular formula is C21H23F3N4O4. The summed E-state index contributed by atoms with van der Waals surface area (Å²) in [7, 11) is 0. The number of hydrazine groups is 1. The lowest BCUT2D eigenvalue weighted by Gasteiger charge is -2.28. The van der Waals surface area contributed by atoms with Gasteiger partial charge in [-0.05, 0) is 30.3 Å². The quantitative estimate of drug-likeness (QED) is 0.512. The third-order valence-corrected chi connectivity index (χ3v) is 4.72. The van der Waals surface area contributed by atoms with Gasteiger partial charge in [0.2, 0.25) is 0 Å². The molecule has 32 heavy (non-hydrogen) atoms. The van der Waals surface area contributed by atoms with Crippen molar-refractivity contribution >= 4 is 23.2 Å². The van der Waals surface area contributed by atoms with Crippen LogP contribution < -0.4 is 16.1 Å². The smallest absolute Gasteiger partial charge is 0.394 e. The molecule has 0 spiro atoms. The SMILES string of the molecule is O=C(NC(CO)C(=O)NN1CCOCC1)c1ccccc1Nc1cccc(C(F)(F)F)c1. The van der Waals surface area contributed by atoms with Crippen molar-refractivity contribution in [3.63, 3.8) is 0 Å². The van der Waals surface area contributed by atoms with E-state index >= 15 is 0 Å². The van der Waals surface area contributed by atoms with Crippen LogP contribution in [0.4, 0.5) is 24.5 Å². The van der Waals surface area contributed by atoms with E-state index in [1.165, 1.54) is 24.3 Å². The van der Waals surface area contributed by atoms with E-state index < -0.39 is 36.2 Å². The molecular weight excluding hydrogens is 429 g/mol. The van der Waals surface area contributed by atoms with E-state index in [4.69, 9.17) is 4.74 Å². The van der Waals surface area contributed by atoms with Gasteiger partial charge >= 0.3 is 6.18 Å². The van der Waals surface area contributed by atoms with Crippen LogP contribution in [-0.4, -0.2) is 60.9 Å². The van der Waals surface area contributed by atoms with Gasteiger partial charge in [-0.2, -0.15) is 13.2 Å². The zero-order valence-corrected chi connectivity index (χ0v) is 17.0. The number of aliphatic hydroxyl groups is 1. The number of rotatable bonds is 7. The summed E-state index contributed by atoms with van der Waals surface area (Å²) in [4.78, 5) is 25.2. The molecule has 3 rings (SSSR count). The Labute approximate surface area is 182 Å². The molecule has 1 fully saturated rings. The average Bonchev–Trinajstić information content (AvgIpc) is 2.78. The first-order valence-electron chi connectivity index (χ1n) is 9.86. The first-order valence-corrected chi connectivity index (χ1v) is 9.86. The van der Waals surface area contributed by atoms with Gasteiger partial charge in [-0.25, -0.2) is 5.01 Å². The minimum absolute atomic E-state index is 0.0996. The monoisotopic (exact) mass is 452 g/mol. The van der Waals surface area contributed by atoms with E-state index in [9.17, 15) is 27.9 Å². The first-order chi connectivity index (χ1) is 15.3. The fraction of sp³-hybridized carbons (Fsp3) is 0.333. The lowest BCUT2D eigenvalue weighted by Crippen LogP contribution is -2.56. The second-order valence-corrected chi connectivity index (χ2v) is 7.03. The molecule has 0 aliphatic carbocycles. The number of amides is 2. The summed E-state index contributed by atoms with van der Waals surface area (Å²) >= 11 is 0. The number of carbonyl (C=O) groups is 2. The van der Waals surface area contributed by atoms with Crippen molar-refractivity contribution in [2.45, 2.75) is 12.2 Å². The van der Waals surface area contributed by atoms with Gasteiger partial charge < -0.3 is 20.5 Å². The summed E-state index contributed by atoms with van der Waals surface area (Å²) < 4.78 is 44.1. The first kappa shape index (κ1) is 23.5. The second-order valence-electron chi connectivity index (χ2n) is 7.03. The number of halogens is 3. The molecule has 1 unspecified atom stereocenters. The van der Waals surface area contributed by atoms with E-state index in [2.05, 4.69) is 16.1 Å². The topological polar surface area (TPSA) is 103 Å². The Morgan fingerprint density at radius 1 is 1.09 bits per heavy atom. The summed E-state index contributed by atoms with van der Waals surface area (Å²) in [5.74, 6) is -1.26. The van der Waals surface area contributed by atoms with Gasteiger partial charge in [0, 0.05) is 18.8 Å². The Balaban J connectivity index is 1.71. The molecule has 1 heterocycles. The van der Waals surface area contributed by atoms with E-state index in [1.54, 1.807) is 17.1 Å². The van der Waals surface area contributed by atoms with Crippen molar-refractivity contribution in [3.05, 3.63) is 59.7 Å². The van der Waals surface area contributed by atoms with Gasteiger partial charge in [0.05, 0.1) is 36.6 Å². The van der Waals surface area contributed by atoms with Crippen LogP contribution in [0.3, 0.4) is 0 Å². The lowest BCUT2D eigenvalue weighted by molar-refractivity contribution is -0.137. The third-order valence-electron chi connectivity index (χ3n) is 4.72. The van der Waals surface area contributed by atoms with Crippen LogP contribution >= 0.6 is 0 Å². The molecule has 1 atom stereocenters. The van der Waals surface area contributed by atoms with Gasteiger partial charge in [-0.1, -0.05) is 18.2 Å². The van der Waals surface area contributed by atoms with Crippen LogP contribution in [0.15, 0.2) is 48.5 Å². The Morgan fingerprint density at radius 2 is 1.81 bits per heavy atom. The highest BCUT2D eigenvalue weighted by atomic mass is 19.4. The summed E-state index contributed by atoms with van der Waals surface area (Å²) in [5.41, 5.74) is 2.28. The van der Waals surface area contributed by atoms with Crippen molar-refractivity contribution < 1.29 is 32.6 Å². The van der Waals surface area contributed by atoms with E-state index in [1.807, 2.05) is 0 Å². The number of hydrogen-bond donors (Lipinski definition) is 4. The summed E-state index contributed by atoms with van der Waals surface area (Å²) in [6.45, 7) is 1.21. The van der Waals surface area contributed by atoms with Gasteiger partial charge in [0.15, 0.2) is 0 Å². The summed E-state index contributed by atoms with van der Waals surface area (Å²) in [6.07, 6.45) is -4.50. The Hall–Kier alpha value is -3.15. The molecule has 2 aromatic carbocycles. The maximum Gasteiger partial charge on any atom is 0.416 e. The molecule has 1 saturated heterocycles. The Bertz CT molecular complexity index is 949. The fourth-order valence-corrected chi connectivity index (χ4v) is 3.06. The molecule has 8 nitrogen and oxygen atoms in total. The maximum atomic E-state index is 13.0. The zero-order chi connectivity index (χ0) is 23.1. The van der Waals surface area contributed by atoms with Crippen molar-refractivity contribution in [2.24, 2.45) is 0 Å². The van der Waals surface area contributed by atoms with Crippen LogP contribution in [0.1, 0.15) is 15.9 Å². The average molecular weight is 452 g/mol. The third kappa shape index (κ3) is 6.19. The van der Waals surface area contributed by atoms with E-state index in [-0.39, 0.29) is 16.9 Å². The molecule has 1 aliphatic rings. The number of nitrogens with one attached hydrogen (secondary N) is 3. The number of aliphatic hydroxyl groups excluding tert-OH is 1. The predicted octanol–water partition coefficient (Wildman–Crippen LogP) is 1.90. The highest BCUT2D eigenvalue weighted by Gasteiger charge is 2.30. The molecule has 2 amide bonds. The number of hydrogen-bond acceptors (Lipinski definition) is 6. The normalized spacial score (nSPS) is 15.6. The lowest BCUT2D eigenvalue weighted by atomic mass is 10.1. The highest BCUT2D eigenvalue weighted by Crippen LogP contribution is 2.31. The number of morpholine rings is 1. The number of benzene rings is 2. The van der Waals surface area contributed by atoms with Crippen molar-refractivity contribution in [3.8, 4) is 0 Å². The largest absolute Gasteiger partial charge is 0.416 e. The molecule has 0 saturated carbocycles. The fourth-order valence-electron chi connectivity index (χ4n) is 3.06. The van der Waals surface area contributed by atoms with Crippen LogP contribution in [0.2, 0.25) is 0 Å². The minimum Gasteiger partial charge on any atom is -0.394 e. The number of nitrogens with zero attached hydrogens (tertiary/aromatic N) is 1. The number of ether oxygens (including phenoxy) is 1. The number of para-hydroxylation sites is 1. The van der Waals surface area contributed by atoms with Crippen LogP contribution in [0.5, 0.6) is 0 Å². The van der Waals surface area contributed by atoms with Crippen molar-refractivity contribution in [1.82, 2.24) is 15.8 Å². The highest BCUT2D eigenvalue weighted by molar-refractivity contribution is 6.02.